The van der Waals surface area contributed by atoms with E-state index >= 15 is 0 Å². The number of carbonyl (C=O) groups is 1. The molecular formula is C18H12N4O. The first-order chi connectivity index (χ1) is 11.3. The first-order valence-corrected chi connectivity index (χ1v) is 6.95. The van der Waals surface area contributed by atoms with E-state index in [1.807, 2.05) is 54.6 Å². The lowest BCUT2D eigenvalue weighted by Crippen LogP contribution is -1.83. The lowest BCUT2D eigenvalue weighted by molar-refractivity contribution is 0.112. The fourth-order valence-electron chi connectivity index (χ4n) is 2.15. The van der Waals surface area contributed by atoms with Crippen LogP contribution in [-0.2, 0) is 0 Å². The highest BCUT2D eigenvalue weighted by Crippen LogP contribution is 2.20. The van der Waals surface area contributed by atoms with Crippen LogP contribution in [0.25, 0.3) is 23.4 Å². The highest BCUT2D eigenvalue weighted by atomic mass is 16.1. The van der Waals surface area contributed by atoms with Crippen LogP contribution in [0.3, 0.4) is 0 Å². The zero-order chi connectivity index (χ0) is 16.1. The summed E-state index contributed by atoms with van der Waals surface area (Å²) in [6, 6.07) is 17.1. The third-order valence-electron chi connectivity index (χ3n) is 3.39. The molecule has 110 valence electrons. The number of nitrogens with zero attached hydrogens (tertiary/aromatic N) is 3. The first kappa shape index (κ1) is 14.4. The molecule has 23 heavy (non-hydrogen) atoms. The van der Waals surface area contributed by atoms with Crippen molar-refractivity contribution < 1.29 is 4.79 Å². The summed E-state index contributed by atoms with van der Waals surface area (Å²) in [6.45, 7) is 0. The Balaban J connectivity index is 1.78. The van der Waals surface area contributed by atoms with Gasteiger partial charge in [-0.05, 0) is 11.1 Å². The molecule has 3 aromatic rings. The van der Waals surface area contributed by atoms with Crippen LogP contribution in [0.5, 0.6) is 0 Å². The number of carbonyl (C=O) groups excluding carboxylic acids is 1. The number of rotatable bonds is 4. The summed E-state index contributed by atoms with van der Waals surface area (Å²) in [6.07, 6.45) is 4.78. The molecule has 0 unspecified atom stereocenters. The van der Waals surface area contributed by atoms with Crippen molar-refractivity contribution in [1.82, 2.24) is 15.4 Å². The summed E-state index contributed by atoms with van der Waals surface area (Å²) in [7, 11) is 0. The van der Waals surface area contributed by atoms with Gasteiger partial charge in [-0.25, -0.2) is 0 Å². The van der Waals surface area contributed by atoms with Crippen molar-refractivity contribution in [3.63, 3.8) is 0 Å². The first-order valence-electron chi connectivity index (χ1n) is 6.95. The summed E-state index contributed by atoms with van der Waals surface area (Å²) < 4.78 is 0. The SMILES string of the molecule is N#Cc1nn[nH]c1-c1ccc(/C=C/c2ccc(C=O)cc2)cc1. The average Bonchev–Trinajstić information content (AvgIpc) is 3.09. The van der Waals surface area contributed by atoms with Gasteiger partial charge in [0.05, 0.1) is 0 Å². The van der Waals surface area contributed by atoms with Crippen molar-refractivity contribution in [2.24, 2.45) is 0 Å². The largest absolute Gasteiger partial charge is 0.298 e. The molecular weight excluding hydrogens is 288 g/mol. The Morgan fingerprint density at radius 2 is 1.48 bits per heavy atom. The zero-order valence-corrected chi connectivity index (χ0v) is 12.1. The van der Waals surface area contributed by atoms with Gasteiger partial charge >= 0.3 is 0 Å². The number of aromatic amines is 1. The number of benzene rings is 2. The Morgan fingerprint density at radius 1 is 0.913 bits per heavy atom. The lowest BCUT2D eigenvalue weighted by atomic mass is 10.1. The van der Waals surface area contributed by atoms with Crippen LogP contribution in [-0.4, -0.2) is 21.7 Å². The van der Waals surface area contributed by atoms with Gasteiger partial charge in [0.25, 0.3) is 0 Å². The Labute approximate surface area is 132 Å². The Hall–Kier alpha value is -3.52. The number of aromatic nitrogens is 3. The van der Waals surface area contributed by atoms with E-state index in [1.165, 1.54) is 0 Å². The van der Waals surface area contributed by atoms with E-state index < -0.39 is 0 Å². The number of hydrogen-bond acceptors (Lipinski definition) is 4. The molecule has 0 atom stereocenters. The van der Waals surface area contributed by atoms with Crippen LogP contribution in [0.1, 0.15) is 27.2 Å². The Morgan fingerprint density at radius 3 is 2.04 bits per heavy atom. The summed E-state index contributed by atoms with van der Waals surface area (Å²) >= 11 is 0. The van der Waals surface area contributed by atoms with Gasteiger partial charge in [-0.3, -0.25) is 9.89 Å². The van der Waals surface area contributed by atoms with Gasteiger partial charge in [-0.15, -0.1) is 5.10 Å². The van der Waals surface area contributed by atoms with Crippen molar-refractivity contribution in [2.75, 3.05) is 0 Å². The smallest absolute Gasteiger partial charge is 0.190 e. The number of H-pyrrole nitrogens is 1. The van der Waals surface area contributed by atoms with E-state index in [1.54, 1.807) is 12.1 Å². The summed E-state index contributed by atoms with van der Waals surface area (Å²) in [5.74, 6) is 0. The molecule has 0 saturated carbocycles. The lowest BCUT2D eigenvalue weighted by Gasteiger charge is -1.99. The maximum absolute atomic E-state index is 10.6. The Kier molecular flexibility index (Phi) is 4.07. The molecule has 5 nitrogen and oxygen atoms in total. The highest BCUT2D eigenvalue weighted by Gasteiger charge is 2.07. The van der Waals surface area contributed by atoms with Crippen LogP contribution in [0.4, 0.5) is 0 Å². The predicted molar refractivity (Wildman–Crippen MR) is 87.3 cm³/mol. The second-order valence-corrected chi connectivity index (χ2v) is 4.89. The van der Waals surface area contributed by atoms with Crippen molar-refractivity contribution >= 4 is 18.4 Å². The third-order valence-corrected chi connectivity index (χ3v) is 3.39. The quantitative estimate of drug-likeness (QED) is 0.592. The van der Waals surface area contributed by atoms with Crippen molar-refractivity contribution in [3.8, 4) is 17.3 Å². The second kappa shape index (κ2) is 6.50. The van der Waals surface area contributed by atoms with Crippen LogP contribution < -0.4 is 0 Å². The maximum atomic E-state index is 10.6. The topological polar surface area (TPSA) is 82.4 Å². The number of hydrogen-bond donors (Lipinski definition) is 1. The highest BCUT2D eigenvalue weighted by molar-refractivity contribution is 5.77. The molecule has 0 bridgehead atoms. The standard InChI is InChI=1S/C18H12N4O/c19-11-17-18(21-22-20-17)16-9-7-14(8-10-16)2-1-13-3-5-15(12-23)6-4-13/h1-10,12H,(H,20,21,22)/b2-1+. The summed E-state index contributed by atoms with van der Waals surface area (Å²) in [4.78, 5) is 10.6. The summed E-state index contributed by atoms with van der Waals surface area (Å²) in [5.41, 5.74) is 4.46. The molecule has 0 radical (unpaired) electrons. The molecule has 1 N–H and O–H groups in total. The van der Waals surface area contributed by atoms with Crippen LogP contribution in [0, 0.1) is 11.3 Å². The van der Waals surface area contributed by atoms with Gasteiger partial charge in [0.1, 0.15) is 18.0 Å². The fraction of sp³-hybridized carbons (Fsp3) is 0. The molecule has 0 aliphatic heterocycles. The average molecular weight is 300 g/mol. The molecule has 1 heterocycles. The van der Waals surface area contributed by atoms with E-state index in [0.29, 0.717) is 11.3 Å². The minimum atomic E-state index is 0.281. The fourth-order valence-corrected chi connectivity index (χ4v) is 2.15. The minimum absolute atomic E-state index is 0.281. The van der Waals surface area contributed by atoms with Gasteiger partial charge in [0.2, 0.25) is 0 Å². The van der Waals surface area contributed by atoms with Crippen LogP contribution in [0.2, 0.25) is 0 Å². The molecule has 0 saturated heterocycles. The second-order valence-electron chi connectivity index (χ2n) is 4.89. The van der Waals surface area contributed by atoms with Crippen molar-refractivity contribution in [3.05, 3.63) is 70.9 Å². The van der Waals surface area contributed by atoms with Crippen LogP contribution >= 0.6 is 0 Å². The maximum Gasteiger partial charge on any atom is 0.190 e. The number of nitriles is 1. The van der Waals surface area contributed by atoms with Crippen molar-refractivity contribution in [2.45, 2.75) is 0 Å². The summed E-state index contributed by atoms with van der Waals surface area (Å²) in [5, 5.41) is 19.1. The van der Waals surface area contributed by atoms with Gasteiger partial charge in [0.15, 0.2) is 5.69 Å². The van der Waals surface area contributed by atoms with Gasteiger partial charge in [-0.1, -0.05) is 65.9 Å². The molecule has 0 spiro atoms. The zero-order valence-electron chi connectivity index (χ0n) is 12.1. The number of nitrogens with one attached hydrogen (secondary N) is 1. The van der Waals surface area contributed by atoms with E-state index in [9.17, 15) is 4.79 Å². The predicted octanol–water partition coefficient (Wildman–Crippen LogP) is 3.33. The van der Waals surface area contributed by atoms with Crippen molar-refractivity contribution in [1.29, 1.82) is 5.26 Å². The normalized spacial score (nSPS) is 10.6. The third kappa shape index (κ3) is 3.22. The van der Waals surface area contributed by atoms with Gasteiger partial charge in [-0.2, -0.15) is 5.26 Å². The molecule has 0 aliphatic carbocycles. The molecule has 0 fully saturated rings. The Bertz CT molecular complexity index is 884. The van der Waals surface area contributed by atoms with E-state index in [2.05, 4.69) is 15.4 Å². The van der Waals surface area contributed by atoms with Gasteiger partial charge < -0.3 is 0 Å². The van der Waals surface area contributed by atoms with E-state index in [4.69, 9.17) is 5.26 Å². The van der Waals surface area contributed by atoms with Gasteiger partial charge in [0, 0.05) is 11.1 Å². The molecule has 3 rings (SSSR count). The van der Waals surface area contributed by atoms with E-state index in [0.717, 1.165) is 23.0 Å². The number of aldehydes is 1. The van der Waals surface area contributed by atoms with Crippen LogP contribution in [0.15, 0.2) is 48.5 Å². The monoisotopic (exact) mass is 300 g/mol. The molecule has 5 heteroatoms. The molecule has 2 aromatic carbocycles. The molecule has 1 aromatic heterocycles. The molecule has 0 aliphatic rings. The minimum Gasteiger partial charge on any atom is -0.298 e. The van der Waals surface area contributed by atoms with E-state index in [-0.39, 0.29) is 5.69 Å². The molecule has 0 amide bonds.